The van der Waals surface area contributed by atoms with Crippen molar-refractivity contribution < 1.29 is 4.52 Å². The molecule has 0 N–H and O–H groups in total. The summed E-state index contributed by atoms with van der Waals surface area (Å²) >= 11 is 1.31. The zero-order valence-electron chi connectivity index (χ0n) is 3.74. The van der Waals surface area contributed by atoms with E-state index in [1.807, 2.05) is 0 Å². The molecular formula is C3HN3OS. The van der Waals surface area contributed by atoms with Crippen LogP contribution >= 0.6 is 11.5 Å². The van der Waals surface area contributed by atoms with Gasteiger partial charge in [0.05, 0.1) is 5.38 Å². The second-order valence-electron chi connectivity index (χ2n) is 1.28. The maximum atomic E-state index is 4.64. The quantitative estimate of drug-likeness (QED) is 0.522. The van der Waals surface area contributed by atoms with Crippen molar-refractivity contribution >= 4 is 22.8 Å². The number of rotatable bonds is 0. The smallest absolute Gasteiger partial charge is 0.236 e. The molecule has 40 valence electrons. The molecule has 0 saturated carbocycles. The Balaban J connectivity index is 3.06. The van der Waals surface area contributed by atoms with Crippen LogP contribution in [0.1, 0.15) is 0 Å². The largest absolute Gasteiger partial charge is 0.334 e. The van der Waals surface area contributed by atoms with Gasteiger partial charge in [-0.25, -0.2) is 0 Å². The second-order valence-corrected chi connectivity index (χ2v) is 1.90. The van der Waals surface area contributed by atoms with Gasteiger partial charge in [-0.15, -0.1) is 0 Å². The maximum absolute atomic E-state index is 4.64. The van der Waals surface area contributed by atoms with E-state index in [-0.39, 0.29) is 0 Å². The predicted octanol–water partition coefficient (Wildman–Crippen LogP) is 0.679. The van der Waals surface area contributed by atoms with E-state index in [0.29, 0.717) is 11.2 Å². The first-order valence-corrected chi connectivity index (χ1v) is 2.83. The van der Waals surface area contributed by atoms with Crippen molar-refractivity contribution in [2.45, 2.75) is 0 Å². The highest BCUT2D eigenvalue weighted by Gasteiger charge is 1.98. The summed E-state index contributed by atoms with van der Waals surface area (Å²) in [7, 11) is 0. The minimum Gasteiger partial charge on any atom is -0.334 e. The Morgan fingerprint density at radius 2 is 2.62 bits per heavy atom. The highest BCUT2D eigenvalue weighted by molar-refractivity contribution is 7.04. The predicted molar refractivity (Wildman–Crippen MR) is 27.5 cm³/mol. The first kappa shape index (κ1) is 3.96. The van der Waals surface area contributed by atoms with Crippen LogP contribution in [0.4, 0.5) is 0 Å². The molecule has 0 saturated heterocycles. The fraction of sp³-hybridized carbons (Fsp3) is 0. The van der Waals surface area contributed by atoms with E-state index in [2.05, 4.69) is 19.3 Å². The molecule has 0 radical (unpaired) electrons. The van der Waals surface area contributed by atoms with Crippen molar-refractivity contribution in [3.63, 3.8) is 0 Å². The van der Waals surface area contributed by atoms with E-state index in [9.17, 15) is 0 Å². The summed E-state index contributed by atoms with van der Waals surface area (Å²) in [5, 5.41) is 8.60. The Morgan fingerprint density at radius 3 is 3.50 bits per heavy atom. The van der Waals surface area contributed by atoms with E-state index >= 15 is 0 Å². The molecule has 0 unspecified atom stereocenters. The molecule has 0 bridgehead atoms. The first-order valence-electron chi connectivity index (χ1n) is 1.99. The van der Waals surface area contributed by atoms with Crippen LogP contribution < -0.4 is 0 Å². The van der Waals surface area contributed by atoms with Crippen molar-refractivity contribution in [2.75, 3.05) is 0 Å². The lowest BCUT2D eigenvalue weighted by Crippen LogP contribution is -1.62. The Labute approximate surface area is 48.3 Å². The average molecular weight is 127 g/mol. The number of hydrogen-bond donors (Lipinski definition) is 0. The van der Waals surface area contributed by atoms with Gasteiger partial charge in [0, 0.05) is 5.27 Å². The van der Waals surface area contributed by atoms with Crippen LogP contribution in [0.25, 0.3) is 11.2 Å². The van der Waals surface area contributed by atoms with Gasteiger partial charge in [-0.3, -0.25) is 0 Å². The third-order valence-electron chi connectivity index (χ3n) is 0.794. The molecule has 2 rings (SSSR count). The Bertz CT molecular complexity index is 236. The lowest BCUT2D eigenvalue weighted by atomic mass is 10.7. The molecule has 0 aliphatic rings. The molecule has 0 amide bonds. The molecule has 4 nitrogen and oxygen atoms in total. The third-order valence-corrected chi connectivity index (χ3v) is 1.39. The van der Waals surface area contributed by atoms with Gasteiger partial charge >= 0.3 is 0 Å². The van der Waals surface area contributed by atoms with Gasteiger partial charge in [-0.2, -0.15) is 4.37 Å². The third kappa shape index (κ3) is 0.362. The fourth-order valence-corrected chi connectivity index (χ4v) is 0.978. The standard InChI is InChI=1S/C3HN3OS/c1-2-3(5-8-1)4-6-7-2/h1H. The highest BCUT2D eigenvalue weighted by Crippen LogP contribution is 2.09. The van der Waals surface area contributed by atoms with E-state index in [4.69, 9.17) is 0 Å². The summed E-state index contributed by atoms with van der Waals surface area (Å²) in [6, 6.07) is 0. The van der Waals surface area contributed by atoms with E-state index in [1.165, 1.54) is 11.5 Å². The number of aromatic nitrogens is 3. The van der Waals surface area contributed by atoms with Crippen LogP contribution in [0.3, 0.4) is 0 Å². The number of fused-ring (bicyclic) bond motifs is 1. The van der Waals surface area contributed by atoms with Crippen molar-refractivity contribution in [3.05, 3.63) is 5.38 Å². The summed E-state index contributed by atoms with van der Waals surface area (Å²) in [5.74, 6) is 0. The minimum atomic E-state index is 0.593. The zero-order chi connectivity index (χ0) is 5.40. The van der Waals surface area contributed by atoms with E-state index in [1.54, 1.807) is 5.38 Å². The molecule has 0 atom stereocenters. The first-order chi connectivity index (χ1) is 3.97. The topological polar surface area (TPSA) is 51.8 Å². The van der Waals surface area contributed by atoms with Gasteiger partial charge in [0.2, 0.25) is 11.2 Å². The molecule has 8 heavy (non-hydrogen) atoms. The van der Waals surface area contributed by atoms with Crippen LogP contribution in [0, 0.1) is 0 Å². The SMILES string of the molecule is c1snc2nnoc12. The minimum absolute atomic E-state index is 0.593. The van der Waals surface area contributed by atoms with Crippen molar-refractivity contribution in [2.24, 2.45) is 0 Å². The summed E-state index contributed by atoms with van der Waals surface area (Å²) in [6.45, 7) is 0. The van der Waals surface area contributed by atoms with Gasteiger partial charge in [-0.05, 0) is 11.5 Å². The molecule has 0 aliphatic carbocycles. The van der Waals surface area contributed by atoms with Gasteiger partial charge in [0.15, 0.2) is 0 Å². The van der Waals surface area contributed by atoms with Crippen molar-refractivity contribution in [3.8, 4) is 0 Å². The average Bonchev–Trinajstić information content (AvgIpc) is 2.15. The summed E-state index contributed by atoms with van der Waals surface area (Å²) in [4.78, 5) is 0. The van der Waals surface area contributed by atoms with Gasteiger partial charge < -0.3 is 4.52 Å². The van der Waals surface area contributed by atoms with Crippen LogP contribution in [-0.4, -0.2) is 14.7 Å². The second kappa shape index (κ2) is 1.25. The lowest BCUT2D eigenvalue weighted by Gasteiger charge is -1.56. The van der Waals surface area contributed by atoms with Crippen LogP contribution in [0.5, 0.6) is 0 Å². The van der Waals surface area contributed by atoms with Gasteiger partial charge in [0.25, 0.3) is 0 Å². The lowest BCUT2D eigenvalue weighted by molar-refractivity contribution is 0.424. The fourth-order valence-electron chi connectivity index (χ4n) is 0.455. The van der Waals surface area contributed by atoms with Gasteiger partial charge in [0.1, 0.15) is 0 Å². The number of nitrogens with zero attached hydrogens (tertiary/aromatic N) is 3. The number of hydrogen-bond acceptors (Lipinski definition) is 5. The molecule has 0 fully saturated rings. The molecule has 5 heteroatoms. The maximum Gasteiger partial charge on any atom is 0.236 e. The molecule has 2 aromatic rings. The molecular weight excluding hydrogens is 126 g/mol. The Kier molecular flexibility index (Phi) is 0.621. The van der Waals surface area contributed by atoms with E-state index < -0.39 is 0 Å². The summed E-state index contributed by atoms with van der Waals surface area (Å²) in [5.41, 5.74) is 1.25. The Morgan fingerprint density at radius 1 is 1.62 bits per heavy atom. The monoisotopic (exact) mass is 127 g/mol. The molecule has 2 aromatic heterocycles. The van der Waals surface area contributed by atoms with Crippen molar-refractivity contribution in [1.82, 2.24) is 14.7 Å². The van der Waals surface area contributed by atoms with Crippen molar-refractivity contribution in [1.29, 1.82) is 0 Å². The highest BCUT2D eigenvalue weighted by atomic mass is 32.1. The normalized spacial score (nSPS) is 10.5. The summed E-state index contributed by atoms with van der Waals surface area (Å²) in [6.07, 6.45) is 0. The Hall–Kier alpha value is -0.970. The van der Waals surface area contributed by atoms with Gasteiger partial charge in [-0.1, -0.05) is 5.10 Å². The zero-order valence-corrected chi connectivity index (χ0v) is 4.55. The summed E-state index contributed by atoms with van der Waals surface area (Å²) < 4.78 is 8.50. The van der Waals surface area contributed by atoms with Crippen LogP contribution in [0.15, 0.2) is 9.90 Å². The molecule has 0 spiro atoms. The molecule has 2 heterocycles. The molecule has 0 aliphatic heterocycles. The molecule has 0 aromatic carbocycles. The van der Waals surface area contributed by atoms with Crippen LogP contribution in [0.2, 0.25) is 0 Å². The van der Waals surface area contributed by atoms with E-state index in [0.717, 1.165) is 0 Å². The van der Waals surface area contributed by atoms with Crippen LogP contribution in [-0.2, 0) is 0 Å².